The molecule has 0 saturated heterocycles. The Morgan fingerprint density at radius 2 is 2.23 bits per heavy atom. The average Bonchev–Trinajstić information content (AvgIpc) is 2.27. The number of imidazole rings is 1. The quantitative estimate of drug-likeness (QED) is 0.827. The molecule has 0 amide bonds. The molecule has 74 valence electrons. The Bertz CT molecular complexity index is 397. The highest BCUT2D eigenvalue weighted by Gasteiger charge is 2.11. The van der Waals surface area contributed by atoms with Crippen molar-refractivity contribution in [3.05, 3.63) is 16.6 Å². The van der Waals surface area contributed by atoms with Crippen molar-refractivity contribution < 1.29 is 8.42 Å². The lowest BCUT2D eigenvalue weighted by atomic mass is 10.6. The van der Waals surface area contributed by atoms with Crippen LogP contribution in [0.25, 0.3) is 0 Å². The van der Waals surface area contributed by atoms with Crippen LogP contribution in [-0.4, -0.2) is 24.2 Å². The molecule has 4 nitrogen and oxygen atoms in total. The second-order valence-electron chi connectivity index (χ2n) is 2.84. The first-order valence-electron chi connectivity index (χ1n) is 3.81. The number of aromatic nitrogens is 2. The summed E-state index contributed by atoms with van der Waals surface area (Å²) in [6.07, 6.45) is 2.98. The maximum absolute atomic E-state index is 11.0. The molecule has 0 radical (unpaired) electrons. The molecule has 1 heterocycles. The van der Waals surface area contributed by atoms with Gasteiger partial charge < -0.3 is 4.57 Å². The topological polar surface area (TPSA) is 52.0 Å². The van der Waals surface area contributed by atoms with Gasteiger partial charge >= 0.3 is 0 Å². The maximum atomic E-state index is 11.0. The first-order valence-corrected chi connectivity index (χ1v) is 6.67. The van der Waals surface area contributed by atoms with E-state index in [-0.39, 0.29) is 5.75 Å². The fraction of sp³-hybridized carbons (Fsp3) is 0.571. The molecular weight excluding hydrogens is 256 g/mol. The third-order valence-electron chi connectivity index (χ3n) is 1.56. The van der Waals surface area contributed by atoms with Gasteiger partial charge in [0.1, 0.15) is 16.2 Å². The van der Waals surface area contributed by atoms with Crippen molar-refractivity contribution in [1.82, 2.24) is 9.55 Å². The van der Waals surface area contributed by atoms with Crippen molar-refractivity contribution in [3.8, 4) is 0 Å². The Kier molecular flexibility index (Phi) is 3.13. The number of aryl methyl sites for hydroxylation is 1. The fourth-order valence-corrected chi connectivity index (χ4v) is 2.19. The molecule has 0 atom stereocenters. The summed E-state index contributed by atoms with van der Waals surface area (Å²) < 4.78 is 24.5. The summed E-state index contributed by atoms with van der Waals surface area (Å²) in [6.45, 7) is 2.67. The zero-order valence-corrected chi connectivity index (χ0v) is 9.89. The highest BCUT2D eigenvalue weighted by Crippen LogP contribution is 2.11. The zero-order chi connectivity index (χ0) is 10.1. The van der Waals surface area contributed by atoms with Gasteiger partial charge in [0, 0.05) is 19.0 Å². The molecule has 0 aliphatic rings. The van der Waals surface area contributed by atoms with Gasteiger partial charge in [-0.25, -0.2) is 13.4 Å². The SMILES string of the molecule is CCn1cc(Br)nc1CS(C)(=O)=O. The second kappa shape index (κ2) is 3.79. The van der Waals surface area contributed by atoms with E-state index in [1.54, 1.807) is 6.20 Å². The number of hydrogen-bond donors (Lipinski definition) is 0. The molecule has 0 fully saturated rings. The lowest BCUT2D eigenvalue weighted by Crippen LogP contribution is -2.07. The normalized spacial score (nSPS) is 11.9. The van der Waals surface area contributed by atoms with Gasteiger partial charge in [0.25, 0.3) is 0 Å². The Balaban J connectivity index is 3.00. The van der Waals surface area contributed by atoms with Crippen LogP contribution < -0.4 is 0 Å². The lowest BCUT2D eigenvalue weighted by Gasteiger charge is -2.01. The van der Waals surface area contributed by atoms with Crippen molar-refractivity contribution in [2.24, 2.45) is 0 Å². The van der Waals surface area contributed by atoms with Gasteiger partial charge in [0.15, 0.2) is 9.84 Å². The van der Waals surface area contributed by atoms with E-state index >= 15 is 0 Å². The first kappa shape index (κ1) is 10.7. The van der Waals surface area contributed by atoms with Crippen LogP contribution in [0.3, 0.4) is 0 Å². The summed E-state index contributed by atoms with van der Waals surface area (Å²) in [6, 6.07) is 0. The smallest absolute Gasteiger partial charge is 0.154 e. The standard InChI is InChI=1S/C7H11BrN2O2S/c1-3-10-4-6(8)9-7(10)5-13(2,11)12/h4H,3,5H2,1-2H3. The summed E-state index contributed by atoms with van der Waals surface area (Å²) in [5.41, 5.74) is 0. The van der Waals surface area contributed by atoms with Gasteiger partial charge in [0.2, 0.25) is 0 Å². The Morgan fingerprint density at radius 1 is 1.62 bits per heavy atom. The van der Waals surface area contributed by atoms with E-state index in [0.717, 1.165) is 6.54 Å². The van der Waals surface area contributed by atoms with Crippen LogP contribution in [0.5, 0.6) is 0 Å². The van der Waals surface area contributed by atoms with Crippen molar-refractivity contribution in [2.45, 2.75) is 19.2 Å². The third-order valence-corrected chi connectivity index (χ3v) is 2.73. The molecule has 0 aromatic carbocycles. The van der Waals surface area contributed by atoms with Crippen LogP contribution in [0, 0.1) is 0 Å². The second-order valence-corrected chi connectivity index (χ2v) is 5.79. The molecule has 0 aliphatic carbocycles. The molecule has 13 heavy (non-hydrogen) atoms. The molecular formula is C7H11BrN2O2S. The number of rotatable bonds is 3. The summed E-state index contributed by atoms with van der Waals surface area (Å²) in [7, 11) is -3.00. The Morgan fingerprint density at radius 3 is 2.69 bits per heavy atom. The van der Waals surface area contributed by atoms with Crippen LogP contribution in [0.15, 0.2) is 10.8 Å². The zero-order valence-electron chi connectivity index (χ0n) is 7.49. The van der Waals surface area contributed by atoms with Gasteiger partial charge in [-0.3, -0.25) is 0 Å². The van der Waals surface area contributed by atoms with E-state index in [1.807, 2.05) is 11.5 Å². The largest absolute Gasteiger partial charge is 0.333 e. The molecule has 0 N–H and O–H groups in total. The van der Waals surface area contributed by atoms with Crippen LogP contribution in [-0.2, 0) is 22.1 Å². The van der Waals surface area contributed by atoms with Gasteiger partial charge in [-0.1, -0.05) is 0 Å². The molecule has 0 unspecified atom stereocenters. The molecule has 1 aromatic heterocycles. The monoisotopic (exact) mass is 266 g/mol. The van der Waals surface area contributed by atoms with Crippen molar-refractivity contribution in [1.29, 1.82) is 0 Å². The molecule has 1 aromatic rings. The van der Waals surface area contributed by atoms with Crippen LogP contribution in [0.1, 0.15) is 12.7 Å². The Labute approximate surface area is 86.0 Å². The van der Waals surface area contributed by atoms with Crippen LogP contribution in [0.4, 0.5) is 0 Å². The third kappa shape index (κ3) is 3.11. The number of halogens is 1. The number of hydrogen-bond acceptors (Lipinski definition) is 3. The molecule has 0 aliphatic heterocycles. The molecule has 6 heteroatoms. The van der Waals surface area contributed by atoms with E-state index in [9.17, 15) is 8.42 Å². The van der Waals surface area contributed by atoms with Gasteiger partial charge in [-0.05, 0) is 22.9 Å². The summed E-state index contributed by atoms with van der Waals surface area (Å²) >= 11 is 3.20. The molecule has 1 rings (SSSR count). The van der Waals surface area contributed by atoms with Crippen LogP contribution >= 0.6 is 15.9 Å². The summed E-state index contributed by atoms with van der Waals surface area (Å²) in [5, 5.41) is 0. The lowest BCUT2D eigenvalue weighted by molar-refractivity contribution is 0.596. The molecule has 0 spiro atoms. The Hall–Kier alpha value is -0.360. The first-order chi connectivity index (χ1) is 5.92. The average molecular weight is 267 g/mol. The predicted octanol–water partition coefficient (Wildman–Crippen LogP) is 1.21. The van der Waals surface area contributed by atoms with E-state index in [0.29, 0.717) is 10.4 Å². The molecule has 0 bridgehead atoms. The summed E-state index contributed by atoms with van der Waals surface area (Å²) in [4.78, 5) is 4.07. The fourth-order valence-electron chi connectivity index (χ4n) is 1.04. The van der Waals surface area contributed by atoms with E-state index in [4.69, 9.17) is 0 Å². The van der Waals surface area contributed by atoms with Gasteiger partial charge in [0.05, 0.1) is 0 Å². The minimum atomic E-state index is -3.00. The van der Waals surface area contributed by atoms with E-state index in [1.165, 1.54) is 6.26 Å². The van der Waals surface area contributed by atoms with Gasteiger partial charge in [-0.2, -0.15) is 0 Å². The van der Waals surface area contributed by atoms with E-state index < -0.39 is 9.84 Å². The van der Waals surface area contributed by atoms with Crippen LogP contribution in [0.2, 0.25) is 0 Å². The number of nitrogens with zero attached hydrogens (tertiary/aromatic N) is 2. The maximum Gasteiger partial charge on any atom is 0.154 e. The van der Waals surface area contributed by atoms with E-state index in [2.05, 4.69) is 20.9 Å². The van der Waals surface area contributed by atoms with Crippen molar-refractivity contribution in [3.63, 3.8) is 0 Å². The van der Waals surface area contributed by atoms with Crippen molar-refractivity contribution in [2.75, 3.05) is 6.26 Å². The minimum absolute atomic E-state index is 0.00750. The predicted molar refractivity (Wildman–Crippen MR) is 54.1 cm³/mol. The summed E-state index contributed by atoms with van der Waals surface area (Å²) in [5.74, 6) is 0.573. The highest BCUT2D eigenvalue weighted by molar-refractivity contribution is 9.10. The minimum Gasteiger partial charge on any atom is -0.333 e. The highest BCUT2D eigenvalue weighted by atomic mass is 79.9. The molecule has 0 saturated carbocycles. The van der Waals surface area contributed by atoms with Crippen molar-refractivity contribution >= 4 is 25.8 Å². The van der Waals surface area contributed by atoms with Gasteiger partial charge in [-0.15, -0.1) is 0 Å². The number of sulfone groups is 1.